The van der Waals surface area contributed by atoms with Crippen molar-refractivity contribution in [3.63, 3.8) is 0 Å². The quantitative estimate of drug-likeness (QED) is 0.806. The maximum atomic E-state index is 4.16. The van der Waals surface area contributed by atoms with E-state index in [1.165, 1.54) is 31.5 Å². The maximum Gasteiger partial charge on any atom is 0.0534 e. The molecule has 0 amide bonds. The summed E-state index contributed by atoms with van der Waals surface area (Å²) in [6, 6.07) is 0.738. The lowest BCUT2D eigenvalue weighted by Crippen LogP contribution is -2.37. The molecular formula is C12H22N4. The van der Waals surface area contributed by atoms with Gasteiger partial charge in [0, 0.05) is 37.9 Å². The van der Waals surface area contributed by atoms with Crippen LogP contribution in [0.3, 0.4) is 0 Å². The molecule has 1 unspecified atom stereocenters. The second-order valence-corrected chi connectivity index (χ2v) is 4.58. The standard InChI is InChI=1S/C12H22N4/c1-3-16-6-4-5-12(16)9-13-7-11-8-14-15(2)10-11/h8,10,12-13H,3-7,9H2,1-2H3. The van der Waals surface area contributed by atoms with Gasteiger partial charge in [0.25, 0.3) is 0 Å². The van der Waals surface area contributed by atoms with Crippen molar-refractivity contribution in [2.24, 2.45) is 7.05 Å². The molecule has 1 aromatic heterocycles. The zero-order valence-corrected chi connectivity index (χ0v) is 10.3. The summed E-state index contributed by atoms with van der Waals surface area (Å²) in [6.07, 6.45) is 6.69. The van der Waals surface area contributed by atoms with Crippen molar-refractivity contribution < 1.29 is 0 Å². The molecule has 2 rings (SSSR count). The fourth-order valence-corrected chi connectivity index (χ4v) is 2.49. The smallest absolute Gasteiger partial charge is 0.0534 e. The van der Waals surface area contributed by atoms with E-state index in [1.54, 1.807) is 0 Å². The molecule has 90 valence electrons. The number of nitrogens with one attached hydrogen (secondary N) is 1. The van der Waals surface area contributed by atoms with Crippen molar-refractivity contribution in [2.45, 2.75) is 32.4 Å². The fraction of sp³-hybridized carbons (Fsp3) is 0.750. The molecule has 0 aromatic carbocycles. The van der Waals surface area contributed by atoms with Crippen LogP contribution in [0.15, 0.2) is 12.4 Å². The van der Waals surface area contributed by atoms with Crippen molar-refractivity contribution >= 4 is 0 Å². The van der Waals surface area contributed by atoms with Crippen molar-refractivity contribution in [3.8, 4) is 0 Å². The lowest BCUT2D eigenvalue weighted by Gasteiger charge is -2.22. The van der Waals surface area contributed by atoms with Crippen LogP contribution in [0.25, 0.3) is 0 Å². The fourth-order valence-electron chi connectivity index (χ4n) is 2.49. The Morgan fingerprint density at radius 3 is 3.12 bits per heavy atom. The van der Waals surface area contributed by atoms with E-state index in [-0.39, 0.29) is 0 Å². The van der Waals surface area contributed by atoms with Crippen LogP contribution >= 0.6 is 0 Å². The number of hydrogen-bond acceptors (Lipinski definition) is 3. The van der Waals surface area contributed by atoms with E-state index in [0.717, 1.165) is 19.1 Å². The van der Waals surface area contributed by atoms with Gasteiger partial charge in [-0.15, -0.1) is 0 Å². The first-order chi connectivity index (χ1) is 7.79. The highest BCUT2D eigenvalue weighted by molar-refractivity contribution is 5.02. The second kappa shape index (κ2) is 5.46. The summed E-state index contributed by atoms with van der Waals surface area (Å²) in [6.45, 7) is 6.74. The summed E-state index contributed by atoms with van der Waals surface area (Å²) >= 11 is 0. The highest BCUT2D eigenvalue weighted by atomic mass is 15.2. The Morgan fingerprint density at radius 2 is 2.44 bits per heavy atom. The Balaban J connectivity index is 1.71. The Morgan fingerprint density at radius 1 is 1.56 bits per heavy atom. The molecule has 1 atom stereocenters. The number of nitrogens with zero attached hydrogens (tertiary/aromatic N) is 3. The van der Waals surface area contributed by atoms with Crippen LogP contribution in [0, 0.1) is 0 Å². The van der Waals surface area contributed by atoms with Gasteiger partial charge in [0.1, 0.15) is 0 Å². The SMILES string of the molecule is CCN1CCCC1CNCc1cnn(C)c1. The molecule has 2 heterocycles. The molecule has 1 aliphatic heterocycles. The molecule has 1 N–H and O–H groups in total. The molecule has 0 saturated carbocycles. The summed E-state index contributed by atoms with van der Waals surface area (Å²) in [4.78, 5) is 2.57. The van der Waals surface area contributed by atoms with Gasteiger partial charge in [-0.3, -0.25) is 9.58 Å². The number of rotatable bonds is 5. The van der Waals surface area contributed by atoms with Gasteiger partial charge in [-0.25, -0.2) is 0 Å². The van der Waals surface area contributed by atoms with E-state index in [2.05, 4.69) is 28.4 Å². The number of likely N-dealkylation sites (N-methyl/N-ethyl adjacent to an activating group) is 1. The summed E-state index contributed by atoms with van der Waals surface area (Å²) < 4.78 is 1.85. The average Bonchev–Trinajstić information content (AvgIpc) is 2.87. The van der Waals surface area contributed by atoms with Gasteiger partial charge in [-0.05, 0) is 25.9 Å². The van der Waals surface area contributed by atoms with Gasteiger partial charge in [-0.2, -0.15) is 5.10 Å². The highest BCUT2D eigenvalue weighted by Gasteiger charge is 2.21. The molecule has 16 heavy (non-hydrogen) atoms. The van der Waals surface area contributed by atoms with E-state index in [1.807, 2.05) is 17.9 Å². The first kappa shape index (κ1) is 11.6. The van der Waals surface area contributed by atoms with Gasteiger partial charge < -0.3 is 5.32 Å². The second-order valence-electron chi connectivity index (χ2n) is 4.58. The molecule has 0 radical (unpaired) electrons. The molecule has 1 fully saturated rings. The van der Waals surface area contributed by atoms with Gasteiger partial charge in [0.2, 0.25) is 0 Å². The number of aryl methyl sites for hydroxylation is 1. The Kier molecular flexibility index (Phi) is 3.96. The molecule has 1 aliphatic rings. The summed E-state index contributed by atoms with van der Waals surface area (Å²) in [5.41, 5.74) is 1.27. The van der Waals surface area contributed by atoms with Crippen LogP contribution in [0.1, 0.15) is 25.3 Å². The first-order valence-corrected chi connectivity index (χ1v) is 6.22. The topological polar surface area (TPSA) is 33.1 Å². The summed E-state index contributed by atoms with van der Waals surface area (Å²) in [5.74, 6) is 0. The van der Waals surface area contributed by atoms with E-state index in [0.29, 0.717) is 0 Å². The van der Waals surface area contributed by atoms with Crippen molar-refractivity contribution in [3.05, 3.63) is 18.0 Å². The Hall–Kier alpha value is -0.870. The van der Waals surface area contributed by atoms with E-state index < -0.39 is 0 Å². The Bertz CT molecular complexity index is 321. The highest BCUT2D eigenvalue weighted by Crippen LogP contribution is 2.15. The molecule has 1 saturated heterocycles. The normalized spacial score (nSPS) is 21.8. The minimum absolute atomic E-state index is 0.738. The largest absolute Gasteiger partial charge is 0.311 e. The van der Waals surface area contributed by atoms with Crippen molar-refractivity contribution in [1.29, 1.82) is 0 Å². The van der Waals surface area contributed by atoms with Crippen LogP contribution in [0.5, 0.6) is 0 Å². The molecular weight excluding hydrogens is 200 g/mol. The van der Waals surface area contributed by atoms with Crippen molar-refractivity contribution in [1.82, 2.24) is 20.0 Å². The van der Waals surface area contributed by atoms with E-state index in [9.17, 15) is 0 Å². The monoisotopic (exact) mass is 222 g/mol. The first-order valence-electron chi connectivity index (χ1n) is 6.22. The van der Waals surface area contributed by atoms with Crippen LogP contribution in [-0.2, 0) is 13.6 Å². The van der Waals surface area contributed by atoms with Crippen LogP contribution in [0.2, 0.25) is 0 Å². The van der Waals surface area contributed by atoms with Gasteiger partial charge in [0.15, 0.2) is 0 Å². The predicted molar refractivity (Wildman–Crippen MR) is 65.2 cm³/mol. The van der Waals surface area contributed by atoms with E-state index in [4.69, 9.17) is 0 Å². The van der Waals surface area contributed by atoms with Gasteiger partial charge in [0.05, 0.1) is 6.20 Å². The number of aromatic nitrogens is 2. The minimum Gasteiger partial charge on any atom is -0.311 e. The molecule has 1 aromatic rings. The molecule has 0 aliphatic carbocycles. The lowest BCUT2D eigenvalue weighted by atomic mass is 10.2. The maximum absolute atomic E-state index is 4.16. The Labute approximate surface area is 97.6 Å². The van der Waals surface area contributed by atoms with Gasteiger partial charge >= 0.3 is 0 Å². The zero-order valence-electron chi connectivity index (χ0n) is 10.3. The average molecular weight is 222 g/mol. The third-order valence-corrected chi connectivity index (χ3v) is 3.37. The zero-order chi connectivity index (χ0) is 11.4. The van der Waals surface area contributed by atoms with Crippen LogP contribution < -0.4 is 5.32 Å². The van der Waals surface area contributed by atoms with Crippen molar-refractivity contribution in [2.75, 3.05) is 19.6 Å². The summed E-state index contributed by atoms with van der Waals surface area (Å²) in [7, 11) is 1.96. The van der Waals surface area contributed by atoms with Crippen LogP contribution in [-0.4, -0.2) is 40.4 Å². The minimum atomic E-state index is 0.738. The molecule has 0 bridgehead atoms. The lowest BCUT2D eigenvalue weighted by molar-refractivity contribution is 0.260. The van der Waals surface area contributed by atoms with Gasteiger partial charge in [-0.1, -0.05) is 6.92 Å². The number of hydrogen-bond donors (Lipinski definition) is 1. The third-order valence-electron chi connectivity index (χ3n) is 3.37. The predicted octanol–water partition coefficient (Wildman–Crippen LogP) is 0.994. The molecule has 4 heteroatoms. The molecule has 4 nitrogen and oxygen atoms in total. The molecule has 0 spiro atoms. The third kappa shape index (κ3) is 2.83. The van der Waals surface area contributed by atoms with E-state index >= 15 is 0 Å². The van der Waals surface area contributed by atoms with Crippen LogP contribution in [0.4, 0.5) is 0 Å². The number of likely N-dealkylation sites (tertiary alicyclic amines) is 1. The summed E-state index contributed by atoms with van der Waals surface area (Å²) in [5, 5.41) is 7.69.